The molecule has 2 heteroatoms. The lowest BCUT2D eigenvalue weighted by Crippen LogP contribution is -2.40. The summed E-state index contributed by atoms with van der Waals surface area (Å²) in [5.41, 5.74) is 4.31. The molecule has 0 aliphatic heterocycles. The number of rotatable bonds is 5. The minimum absolute atomic E-state index is 0.243. The Balaban J connectivity index is 2.70. The van der Waals surface area contributed by atoms with Gasteiger partial charge in [0.2, 0.25) is 0 Å². The van der Waals surface area contributed by atoms with Gasteiger partial charge in [-0.25, -0.2) is 0 Å². The van der Waals surface area contributed by atoms with Crippen LogP contribution in [0.15, 0.2) is 18.2 Å². The molecule has 1 unspecified atom stereocenters. The highest BCUT2D eigenvalue weighted by Gasteiger charge is 2.23. The Hall–Kier alpha value is -0.530. The van der Waals surface area contributed by atoms with Crippen molar-refractivity contribution in [1.82, 2.24) is 5.32 Å². The Morgan fingerprint density at radius 2 is 1.89 bits per heavy atom. The lowest BCUT2D eigenvalue weighted by atomic mass is 9.85. The largest absolute Gasteiger partial charge is 0.309 e. The number of benzene rings is 1. The van der Waals surface area contributed by atoms with E-state index in [2.05, 4.69) is 58.1 Å². The molecule has 0 spiro atoms. The number of alkyl halides is 1. The molecule has 0 aliphatic carbocycles. The van der Waals surface area contributed by atoms with Crippen LogP contribution in [-0.2, 0) is 6.54 Å². The summed E-state index contributed by atoms with van der Waals surface area (Å²) in [6, 6.07) is 7.08. The molecule has 0 fully saturated rings. The molecule has 1 rings (SSSR count). The average Bonchev–Trinajstić information content (AvgIpc) is 2.27. The maximum atomic E-state index is 5.90. The number of halogens is 1. The SMILES string of the molecule is Cc1ccc(C)c(CNC(CCCl)C(C)(C)C)c1. The first kappa shape index (κ1) is 15.5. The van der Waals surface area contributed by atoms with Crippen LogP contribution in [0.4, 0.5) is 0 Å². The van der Waals surface area contributed by atoms with Crippen LogP contribution in [0.25, 0.3) is 0 Å². The van der Waals surface area contributed by atoms with Crippen LogP contribution in [0.5, 0.6) is 0 Å². The van der Waals surface area contributed by atoms with Gasteiger partial charge in [-0.3, -0.25) is 0 Å². The van der Waals surface area contributed by atoms with Crippen molar-refractivity contribution in [2.75, 3.05) is 5.88 Å². The van der Waals surface area contributed by atoms with Crippen LogP contribution in [0.3, 0.4) is 0 Å². The second kappa shape index (κ2) is 6.58. The van der Waals surface area contributed by atoms with Crippen LogP contribution in [0.2, 0.25) is 0 Å². The molecule has 18 heavy (non-hydrogen) atoms. The van der Waals surface area contributed by atoms with Gasteiger partial charge in [-0.05, 0) is 36.8 Å². The van der Waals surface area contributed by atoms with Gasteiger partial charge in [0.05, 0.1) is 0 Å². The van der Waals surface area contributed by atoms with Crippen LogP contribution in [-0.4, -0.2) is 11.9 Å². The van der Waals surface area contributed by atoms with Gasteiger partial charge in [-0.15, -0.1) is 11.6 Å². The molecule has 102 valence electrons. The summed E-state index contributed by atoms with van der Waals surface area (Å²) in [5.74, 6) is 0.710. The van der Waals surface area contributed by atoms with Crippen molar-refractivity contribution in [3.8, 4) is 0 Å². The molecule has 1 atom stereocenters. The minimum Gasteiger partial charge on any atom is -0.309 e. The molecule has 0 radical (unpaired) electrons. The maximum absolute atomic E-state index is 5.90. The third-order valence-electron chi connectivity index (χ3n) is 3.49. The standard InChI is InChI=1S/C16H26ClN/c1-12-6-7-13(2)14(10-12)11-18-15(8-9-17)16(3,4)5/h6-7,10,15,18H,8-9,11H2,1-5H3. The monoisotopic (exact) mass is 267 g/mol. The summed E-state index contributed by atoms with van der Waals surface area (Å²) in [7, 11) is 0. The first-order chi connectivity index (χ1) is 8.34. The molecule has 0 heterocycles. The zero-order valence-corrected chi connectivity index (χ0v) is 13.1. The van der Waals surface area contributed by atoms with Gasteiger partial charge in [-0.1, -0.05) is 44.5 Å². The van der Waals surface area contributed by atoms with Crippen molar-refractivity contribution >= 4 is 11.6 Å². The smallest absolute Gasteiger partial charge is 0.0238 e. The van der Waals surface area contributed by atoms with E-state index in [1.54, 1.807) is 0 Å². The lowest BCUT2D eigenvalue weighted by Gasteiger charge is -2.31. The topological polar surface area (TPSA) is 12.0 Å². The predicted octanol–water partition coefficient (Wildman–Crippen LogP) is 4.44. The van der Waals surface area contributed by atoms with Crippen molar-refractivity contribution in [2.45, 2.75) is 53.6 Å². The molecule has 0 saturated carbocycles. The van der Waals surface area contributed by atoms with Gasteiger partial charge in [0.25, 0.3) is 0 Å². The Bertz CT molecular complexity index is 379. The molecule has 1 nitrogen and oxygen atoms in total. The van der Waals surface area contributed by atoms with E-state index in [1.807, 2.05) is 0 Å². The first-order valence-electron chi connectivity index (χ1n) is 6.70. The quantitative estimate of drug-likeness (QED) is 0.778. The predicted molar refractivity (Wildman–Crippen MR) is 81.3 cm³/mol. The van der Waals surface area contributed by atoms with Crippen LogP contribution < -0.4 is 5.32 Å². The highest BCUT2D eigenvalue weighted by Crippen LogP contribution is 2.23. The average molecular weight is 268 g/mol. The van der Waals surface area contributed by atoms with Crippen molar-refractivity contribution in [3.05, 3.63) is 34.9 Å². The van der Waals surface area contributed by atoms with Gasteiger partial charge in [0.1, 0.15) is 0 Å². The van der Waals surface area contributed by atoms with Gasteiger partial charge in [0, 0.05) is 18.5 Å². The molecular weight excluding hydrogens is 242 g/mol. The third-order valence-corrected chi connectivity index (χ3v) is 3.70. The van der Waals surface area contributed by atoms with Gasteiger partial charge in [0.15, 0.2) is 0 Å². The fourth-order valence-electron chi connectivity index (χ4n) is 2.17. The molecule has 1 aromatic carbocycles. The molecule has 1 aromatic rings. The van der Waals surface area contributed by atoms with Gasteiger partial charge >= 0.3 is 0 Å². The second-order valence-corrected chi connectivity index (χ2v) is 6.59. The summed E-state index contributed by atoms with van der Waals surface area (Å²) in [4.78, 5) is 0. The van der Waals surface area contributed by atoms with E-state index < -0.39 is 0 Å². The van der Waals surface area contributed by atoms with Crippen molar-refractivity contribution < 1.29 is 0 Å². The Kier molecular flexibility index (Phi) is 5.68. The van der Waals surface area contributed by atoms with Crippen molar-refractivity contribution in [2.24, 2.45) is 5.41 Å². The maximum Gasteiger partial charge on any atom is 0.0238 e. The number of aryl methyl sites for hydroxylation is 2. The summed E-state index contributed by atoms with van der Waals surface area (Å²) < 4.78 is 0. The van der Waals surface area contributed by atoms with Crippen LogP contribution >= 0.6 is 11.6 Å². The highest BCUT2D eigenvalue weighted by atomic mass is 35.5. The van der Waals surface area contributed by atoms with Crippen molar-refractivity contribution in [3.63, 3.8) is 0 Å². The highest BCUT2D eigenvalue weighted by molar-refractivity contribution is 6.17. The Morgan fingerprint density at radius 1 is 1.22 bits per heavy atom. The zero-order chi connectivity index (χ0) is 13.8. The minimum atomic E-state index is 0.243. The Labute approximate surface area is 117 Å². The summed E-state index contributed by atoms with van der Waals surface area (Å²) in [6.07, 6.45) is 1.01. The van der Waals surface area contributed by atoms with E-state index in [-0.39, 0.29) is 5.41 Å². The fourth-order valence-corrected chi connectivity index (χ4v) is 2.39. The lowest BCUT2D eigenvalue weighted by molar-refractivity contribution is 0.260. The van der Waals surface area contributed by atoms with Crippen LogP contribution in [0.1, 0.15) is 43.9 Å². The number of nitrogens with one attached hydrogen (secondary N) is 1. The first-order valence-corrected chi connectivity index (χ1v) is 7.23. The van der Waals surface area contributed by atoms with E-state index in [0.29, 0.717) is 11.9 Å². The molecular formula is C16H26ClN. The third kappa shape index (κ3) is 4.62. The second-order valence-electron chi connectivity index (χ2n) is 6.21. The number of hydrogen-bond donors (Lipinski definition) is 1. The zero-order valence-electron chi connectivity index (χ0n) is 12.3. The van der Waals surface area contributed by atoms with E-state index in [0.717, 1.165) is 13.0 Å². The van der Waals surface area contributed by atoms with E-state index in [1.165, 1.54) is 16.7 Å². The molecule has 0 saturated heterocycles. The molecule has 1 N–H and O–H groups in total. The summed E-state index contributed by atoms with van der Waals surface area (Å²) in [5, 5.41) is 3.66. The molecule has 0 aliphatic rings. The fraction of sp³-hybridized carbons (Fsp3) is 0.625. The molecule has 0 bridgehead atoms. The van der Waals surface area contributed by atoms with Gasteiger partial charge in [-0.2, -0.15) is 0 Å². The van der Waals surface area contributed by atoms with Gasteiger partial charge < -0.3 is 5.32 Å². The summed E-state index contributed by atoms with van der Waals surface area (Å²) >= 11 is 5.90. The van der Waals surface area contributed by atoms with E-state index in [4.69, 9.17) is 11.6 Å². The van der Waals surface area contributed by atoms with Crippen LogP contribution in [0, 0.1) is 19.3 Å². The van der Waals surface area contributed by atoms with E-state index in [9.17, 15) is 0 Å². The van der Waals surface area contributed by atoms with E-state index >= 15 is 0 Å². The van der Waals surface area contributed by atoms with Crippen molar-refractivity contribution in [1.29, 1.82) is 0 Å². The number of hydrogen-bond acceptors (Lipinski definition) is 1. The molecule has 0 aromatic heterocycles. The normalized spacial score (nSPS) is 13.7. The summed E-state index contributed by atoms with van der Waals surface area (Å²) in [6.45, 7) is 12.0. The Morgan fingerprint density at radius 3 is 2.44 bits per heavy atom. The molecule has 0 amide bonds.